The van der Waals surface area contributed by atoms with Gasteiger partial charge in [-0.1, -0.05) is 5.16 Å². The van der Waals surface area contributed by atoms with Gasteiger partial charge in [-0.05, 0) is 0 Å². The monoisotopic (exact) mass is 605 g/mol. The molecule has 0 amide bonds. The Labute approximate surface area is 240 Å². The molecule has 9 atom stereocenters. The van der Waals surface area contributed by atoms with Crippen LogP contribution in [0.5, 0.6) is 0 Å². The predicted molar refractivity (Wildman–Crippen MR) is 138 cm³/mol. The molecule has 4 aliphatic rings. The van der Waals surface area contributed by atoms with Gasteiger partial charge in [-0.3, -0.25) is 38.3 Å². The second kappa shape index (κ2) is 11.4. The standard InChI is InChI=1S/C25H27N5O13/c1-10(31)39-20-18-14(41-22(20)29-5-3-15(33)26-24(29)35)9-38-19-17(13-7-12(8-37-18)43-28-13)42-23(21(19)40-11(2)32)30-6-4-16(34)27-25(30)36/h3-6,12,14,17-23H,7-9H2,1-2H3,(H,26,33,35)(H,27,34,36)/t12-,14+,17+,18-,19-,20+,21+,22+,23+/m0/s1. The molecule has 0 spiro atoms. The summed E-state index contributed by atoms with van der Waals surface area (Å²) >= 11 is 0. The van der Waals surface area contributed by atoms with E-state index in [4.69, 9.17) is 33.3 Å². The Hall–Kier alpha value is -4.39. The van der Waals surface area contributed by atoms with Crippen molar-refractivity contribution in [3.63, 3.8) is 0 Å². The first-order chi connectivity index (χ1) is 20.6. The highest BCUT2D eigenvalue weighted by Gasteiger charge is 2.55. The number of carbonyl (C=O) groups is 2. The van der Waals surface area contributed by atoms with Crippen molar-refractivity contribution in [3.05, 3.63) is 66.2 Å². The highest BCUT2D eigenvalue weighted by Crippen LogP contribution is 2.39. The molecule has 2 N–H and O–H groups in total. The van der Waals surface area contributed by atoms with Crippen molar-refractivity contribution in [1.82, 2.24) is 19.1 Å². The summed E-state index contributed by atoms with van der Waals surface area (Å²) in [7, 11) is 0. The molecule has 230 valence electrons. The summed E-state index contributed by atoms with van der Waals surface area (Å²) in [5, 5.41) is 4.14. The van der Waals surface area contributed by atoms with Gasteiger partial charge >= 0.3 is 23.3 Å². The normalized spacial score (nSPS) is 33.3. The lowest BCUT2D eigenvalue weighted by atomic mass is 10.0. The van der Waals surface area contributed by atoms with Crippen molar-refractivity contribution < 1.29 is 42.8 Å². The molecule has 18 heteroatoms. The number of hydrogen-bond acceptors (Lipinski definition) is 14. The Morgan fingerprint density at radius 3 is 1.98 bits per heavy atom. The highest BCUT2D eigenvalue weighted by molar-refractivity contribution is 5.90. The third kappa shape index (κ3) is 5.56. The third-order valence-electron chi connectivity index (χ3n) is 7.34. The van der Waals surface area contributed by atoms with Gasteiger partial charge in [0.15, 0.2) is 30.8 Å². The van der Waals surface area contributed by atoms with Gasteiger partial charge < -0.3 is 33.3 Å². The molecule has 43 heavy (non-hydrogen) atoms. The number of oxime groups is 1. The van der Waals surface area contributed by atoms with E-state index in [1.807, 2.05) is 0 Å². The van der Waals surface area contributed by atoms with Gasteiger partial charge in [0.1, 0.15) is 24.4 Å². The van der Waals surface area contributed by atoms with E-state index in [9.17, 15) is 28.8 Å². The van der Waals surface area contributed by atoms with Gasteiger partial charge in [-0.2, -0.15) is 0 Å². The average Bonchev–Trinajstić information content (AvgIpc) is 3.61. The molecule has 4 aliphatic heterocycles. The Balaban J connectivity index is 1.37. The van der Waals surface area contributed by atoms with Crippen LogP contribution in [0.4, 0.5) is 0 Å². The first kappa shape index (κ1) is 28.7. The molecule has 0 radical (unpaired) electrons. The third-order valence-corrected chi connectivity index (χ3v) is 7.34. The van der Waals surface area contributed by atoms with Crippen LogP contribution in [0.2, 0.25) is 0 Å². The molecule has 18 nitrogen and oxygen atoms in total. The summed E-state index contributed by atoms with van der Waals surface area (Å²) in [6, 6.07) is 2.23. The van der Waals surface area contributed by atoms with E-state index in [2.05, 4.69) is 15.1 Å². The van der Waals surface area contributed by atoms with Crippen molar-refractivity contribution in [2.45, 2.75) is 75.5 Å². The fourth-order valence-corrected chi connectivity index (χ4v) is 5.60. The van der Waals surface area contributed by atoms with Gasteiger partial charge in [-0.15, -0.1) is 0 Å². The van der Waals surface area contributed by atoms with Crippen LogP contribution in [0.3, 0.4) is 0 Å². The van der Waals surface area contributed by atoms with Crippen LogP contribution >= 0.6 is 0 Å². The summed E-state index contributed by atoms with van der Waals surface area (Å²) in [4.78, 5) is 82.8. The average molecular weight is 606 g/mol. The minimum absolute atomic E-state index is 0.0316. The maximum absolute atomic E-state index is 12.7. The van der Waals surface area contributed by atoms with Crippen LogP contribution in [-0.4, -0.2) is 92.7 Å². The quantitative estimate of drug-likeness (QED) is 0.350. The van der Waals surface area contributed by atoms with E-state index in [0.717, 1.165) is 21.3 Å². The van der Waals surface area contributed by atoms with Gasteiger partial charge in [0.2, 0.25) is 0 Å². The summed E-state index contributed by atoms with van der Waals surface area (Å²) in [5.41, 5.74) is -2.47. The van der Waals surface area contributed by atoms with Crippen LogP contribution in [0, 0.1) is 0 Å². The summed E-state index contributed by atoms with van der Waals surface area (Å²) in [5.74, 6) is -1.37. The number of rotatable bonds is 4. The molecule has 3 fully saturated rings. The minimum atomic E-state index is -1.22. The highest BCUT2D eigenvalue weighted by atomic mass is 16.7. The zero-order valence-electron chi connectivity index (χ0n) is 22.8. The predicted octanol–water partition coefficient (Wildman–Crippen LogP) is -2.33. The lowest BCUT2D eigenvalue weighted by Crippen LogP contribution is -2.45. The fraction of sp³-hybridized carbons (Fsp3) is 0.560. The van der Waals surface area contributed by atoms with Crippen LogP contribution in [0.25, 0.3) is 0 Å². The number of nitrogens with one attached hydrogen (secondary N) is 2. The molecule has 2 aromatic heterocycles. The second-order valence-electron chi connectivity index (χ2n) is 10.3. The number of ether oxygens (including phenoxy) is 6. The second-order valence-corrected chi connectivity index (χ2v) is 10.3. The van der Waals surface area contributed by atoms with E-state index in [1.165, 1.54) is 26.2 Å². The molecule has 6 heterocycles. The maximum Gasteiger partial charge on any atom is 0.330 e. The molecule has 0 saturated carbocycles. The van der Waals surface area contributed by atoms with E-state index < -0.39 is 89.6 Å². The zero-order valence-corrected chi connectivity index (χ0v) is 22.8. The SMILES string of the molecule is CC(=O)O[C@@H]1[C@H]2OC[C@H]3O[C@@H](n4ccc(=O)[nH]c4=O)[C@H](OC(C)=O)[C@H]3OC[C@@H]3CC(=NO3)[C@H]2O[C@H]1n1ccc(=O)[nH]c1=O. The molecule has 0 unspecified atom stereocenters. The van der Waals surface area contributed by atoms with E-state index in [-0.39, 0.29) is 19.6 Å². The molecule has 2 aromatic rings. The van der Waals surface area contributed by atoms with Crippen LogP contribution < -0.4 is 22.5 Å². The number of carbonyl (C=O) groups excluding carboxylic acids is 2. The van der Waals surface area contributed by atoms with Gasteiger partial charge in [-0.25, -0.2) is 9.59 Å². The van der Waals surface area contributed by atoms with E-state index >= 15 is 0 Å². The number of H-pyrrole nitrogens is 2. The lowest BCUT2D eigenvalue weighted by molar-refractivity contribution is -0.161. The molecule has 2 bridgehead atoms. The Bertz CT molecular complexity index is 1680. The van der Waals surface area contributed by atoms with Crippen molar-refractivity contribution in [2.75, 3.05) is 13.2 Å². The molecular formula is C25H27N5O13. The smallest absolute Gasteiger partial charge is 0.330 e. The topological polar surface area (TPSA) is 221 Å². The molecule has 3 saturated heterocycles. The number of aromatic amines is 2. The Morgan fingerprint density at radius 2 is 1.40 bits per heavy atom. The van der Waals surface area contributed by atoms with Crippen LogP contribution in [-0.2, 0) is 42.8 Å². The van der Waals surface area contributed by atoms with Crippen molar-refractivity contribution >= 4 is 17.7 Å². The van der Waals surface area contributed by atoms with Crippen molar-refractivity contribution in [2.24, 2.45) is 5.16 Å². The van der Waals surface area contributed by atoms with E-state index in [1.54, 1.807) is 0 Å². The number of hydrogen-bond donors (Lipinski definition) is 2. The largest absolute Gasteiger partial charge is 0.455 e. The van der Waals surface area contributed by atoms with Crippen LogP contribution in [0.1, 0.15) is 32.7 Å². The molecule has 0 aromatic carbocycles. The first-order valence-electron chi connectivity index (χ1n) is 13.3. The number of esters is 2. The number of nitrogens with zero attached hydrogens (tertiary/aromatic N) is 3. The Morgan fingerprint density at radius 1 is 0.837 bits per heavy atom. The summed E-state index contributed by atoms with van der Waals surface area (Å²) < 4.78 is 38.0. The minimum Gasteiger partial charge on any atom is -0.455 e. The van der Waals surface area contributed by atoms with Gasteiger partial charge in [0, 0.05) is 44.8 Å². The molecular weight excluding hydrogens is 578 g/mol. The zero-order chi connectivity index (χ0) is 30.4. The molecule has 6 rings (SSSR count). The fourth-order valence-electron chi connectivity index (χ4n) is 5.60. The Kier molecular flexibility index (Phi) is 7.59. The van der Waals surface area contributed by atoms with E-state index in [0.29, 0.717) is 5.71 Å². The summed E-state index contributed by atoms with van der Waals surface area (Å²) in [6.07, 6.45) is -6.71. The van der Waals surface area contributed by atoms with Crippen molar-refractivity contribution in [3.8, 4) is 0 Å². The van der Waals surface area contributed by atoms with Crippen molar-refractivity contribution in [1.29, 1.82) is 0 Å². The summed E-state index contributed by atoms with van der Waals surface area (Å²) in [6.45, 7) is 2.09. The lowest BCUT2D eigenvalue weighted by Gasteiger charge is -2.27. The maximum atomic E-state index is 12.7. The number of aromatic nitrogens is 4. The van der Waals surface area contributed by atoms with Gasteiger partial charge in [0.05, 0.1) is 18.9 Å². The first-order valence-corrected chi connectivity index (χ1v) is 13.3. The number of fused-ring (bicyclic) bond motifs is 5. The van der Waals surface area contributed by atoms with Gasteiger partial charge in [0.25, 0.3) is 11.1 Å². The van der Waals surface area contributed by atoms with Crippen LogP contribution in [0.15, 0.2) is 48.9 Å². The molecule has 0 aliphatic carbocycles.